The van der Waals surface area contributed by atoms with Crippen molar-refractivity contribution in [2.45, 2.75) is 44.3 Å². The van der Waals surface area contributed by atoms with Crippen molar-refractivity contribution in [1.82, 2.24) is 15.3 Å². The molecule has 3 aliphatic rings. The van der Waals surface area contributed by atoms with Crippen molar-refractivity contribution in [3.63, 3.8) is 0 Å². The monoisotopic (exact) mass is 392 g/mol. The van der Waals surface area contributed by atoms with E-state index in [0.29, 0.717) is 24.8 Å². The predicted molar refractivity (Wildman–Crippen MR) is 111 cm³/mol. The number of ether oxygens (including phenoxy) is 1. The number of hydrogen-bond donors (Lipinski definition) is 1. The lowest BCUT2D eigenvalue weighted by Gasteiger charge is -2.29. The van der Waals surface area contributed by atoms with E-state index in [1.807, 2.05) is 18.2 Å². The number of anilines is 1. The van der Waals surface area contributed by atoms with Gasteiger partial charge in [-0.2, -0.15) is 0 Å². The van der Waals surface area contributed by atoms with E-state index in [0.717, 1.165) is 38.3 Å². The van der Waals surface area contributed by atoms with Crippen LogP contribution in [-0.4, -0.2) is 47.2 Å². The highest BCUT2D eigenvalue weighted by Gasteiger charge is 2.63. The number of aryl methyl sites for hydroxylation is 2. The summed E-state index contributed by atoms with van der Waals surface area (Å²) < 4.78 is 6.48. The first-order chi connectivity index (χ1) is 14.1. The van der Waals surface area contributed by atoms with Crippen LogP contribution in [0.2, 0.25) is 0 Å². The van der Waals surface area contributed by atoms with E-state index < -0.39 is 0 Å². The molecule has 6 heteroatoms. The van der Waals surface area contributed by atoms with Gasteiger partial charge in [-0.25, -0.2) is 9.97 Å². The van der Waals surface area contributed by atoms with E-state index in [1.165, 1.54) is 11.1 Å². The van der Waals surface area contributed by atoms with Crippen molar-refractivity contribution in [3.05, 3.63) is 53.9 Å². The number of carbonyl (C=O) groups is 1. The molecule has 0 radical (unpaired) electrons. The minimum Gasteiger partial charge on any atom is -0.369 e. The standard InChI is InChI=1S/C23H28N4O2/c1-16-5-2-3-6-17(16)7-8-21(28)26-13-18-19-14-27(22-24-11-4-12-25-22)15-23(19)10-9-20(18)29-23/h2-6,11-12,18-20H,7-10,13-15H2,1H3,(H,26,28)/t18-,19+,20+,23+/m0/s1. The predicted octanol–water partition coefficient (Wildman–Crippen LogP) is 2.52. The normalized spacial score (nSPS) is 29.8. The quantitative estimate of drug-likeness (QED) is 0.818. The molecule has 5 rings (SSSR count). The van der Waals surface area contributed by atoms with Crippen molar-refractivity contribution in [3.8, 4) is 0 Å². The molecule has 0 unspecified atom stereocenters. The molecule has 0 aliphatic carbocycles. The molecule has 29 heavy (non-hydrogen) atoms. The topological polar surface area (TPSA) is 67.4 Å². The molecule has 1 spiro atoms. The van der Waals surface area contributed by atoms with Gasteiger partial charge in [-0.05, 0) is 43.4 Å². The molecule has 3 fully saturated rings. The van der Waals surface area contributed by atoms with E-state index in [9.17, 15) is 4.79 Å². The summed E-state index contributed by atoms with van der Waals surface area (Å²) >= 11 is 0. The first-order valence-corrected chi connectivity index (χ1v) is 10.7. The summed E-state index contributed by atoms with van der Waals surface area (Å²) in [6.45, 7) is 4.56. The minimum absolute atomic E-state index is 0.0829. The second-order valence-electron chi connectivity index (χ2n) is 8.69. The molecule has 2 bridgehead atoms. The van der Waals surface area contributed by atoms with Gasteiger partial charge in [-0.1, -0.05) is 24.3 Å². The minimum atomic E-state index is -0.0829. The van der Waals surface area contributed by atoms with Gasteiger partial charge < -0.3 is 15.0 Å². The highest BCUT2D eigenvalue weighted by molar-refractivity contribution is 5.76. The lowest BCUT2D eigenvalue weighted by Crippen LogP contribution is -2.41. The second-order valence-corrected chi connectivity index (χ2v) is 8.69. The summed E-state index contributed by atoms with van der Waals surface area (Å²) in [6, 6.07) is 10.1. The van der Waals surface area contributed by atoms with Gasteiger partial charge >= 0.3 is 0 Å². The maximum Gasteiger partial charge on any atom is 0.225 e. The Bertz CT molecular complexity index is 889. The van der Waals surface area contributed by atoms with Crippen LogP contribution in [0.4, 0.5) is 5.95 Å². The zero-order valence-electron chi connectivity index (χ0n) is 16.9. The molecule has 1 amide bonds. The zero-order valence-corrected chi connectivity index (χ0v) is 16.9. The third kappa shape index (κ3) is 3.39. The molecule has 2 aromatic rings. The Kier molecular flexibility index (Phi) is 4.74. The number of nitrogens with one attached hydrogen (secondary N) is 1. The van der Waals surface area contributed by atoms with Crippen LogP contribution in [0.5, 0.6) is 0 Å². The van der Waals surface area contributed by atoms with Gasteiger partial charge in [0.1, 0.15) is 0 Å². The average Bonchev–Trinajstić information content (AvgIpc) is 3.41. The largest absolute Gasteiger partial charge is 0.369 e. The Morgan fingerprint density at radius 2 is 2.10 bits per heavy atom. The smallest absolute Gasteiger partial charge is 0.225 e. The van der Waals surface area contributed by atoms with Gasteiger partial charge in [0.2, 0.25) is 11.9 Å². The molecule has 3 aliphatic heterocycles. The molecule has 4 atom stereocenters. The van der Waals surface area contributed by atoms with Crippen LogP contribution < -0.4 is 10.2 Å². The van der Waals surface area contributed by atoms with Crippen molar-refractivity contribution in [2.24, 2.45) is 11.8 Å². The van der Waals surface area contributed by atoms with Gasteiger partial charge in [0, 0.05) is 43.7 Å². The number of carbonyl (C=O) groups excluding carboxylic acids is 1. The molecule has 6 nitrogen and oxygen atoms in total. The van der Waals surface area contributed by atoms with Crippen LogP contribution in [0.1, 0.15) is 30.4 Å². The third-order valence-electron chi connectivity index (χ3n) is 7.04. The Balaban J connectivity index is 1.19. The molecular weight excluding hydrogens is 364 g/mol. The molecular formula is C23H28N4O2. The van der Waals surface area contributed by atoms with Gasteiger partial charge in [0.15, 0.2) is 0 Å². The molecule has 4 heterocycles. The molecule has 0 saturated carbocycles. The molecule has 1 aromatic heterocycles. The molecule has 3 saturated heterocycles. The second kappa shape index (κ2) is 7.41. The van der Waals surface area contributed by atoms with Gasteiger partial charge in [0.25, 0.3) is 0 Å². The van der Waals surface area contributed by atoms with Crippen molar-refractivity contribution in [2.75, 3.05) is 24.5 Å². The third-order valence-corrected chi connectivity index (χ3v) is 7.04. The van der Waals surface area contributed by atoms with Gasteiger partial charge in [-0.15, -0.1) is 0 Å². The van der Waals surface area contributed by atoms with Crippen LogP contribution in [0.25, 0.3) is 0 Å². The summed E-state index contributed by atoms with van der Waals surface area (Å²) in [5.41, 5.74) is 2.41. The van der Waals surface area contributed by atoms with Crippen LogP contribution in [-0.2, 0) is 16.0 Å². The number of fused-ring (bicyclic) bond motifs is 1. The van der Waals surface area contributed by atoms with Gasteiger partial charge in [-0.3, -0.25) is 4.79 Å². The molecule has 152 valence electrons. The highest BCUT2D eigenvalue weighted by Crippen LogP contribution is 2.54. The van der Waals surface area contributed by atoms with Crippen LogP contribution in [0.3, 0.4) is 0 Å². The van der Waals surface area contributed by atoms with E-state index in [4.69, 9.17) is 4.74 Å². The van der Waals surface area contributed by atoms with Crippen molar-refractivity contribution >= 4 is 11.9 Å². The van der Waals surface area contributed by atoms with E-state index in [1.54, 1.807) is 12.4 Å². The summed E-state index contributed by atoms with van der Waals surface area (Å²) in [5.74, 6) is 1.72. The van der Waals surface area contributed by atoms with Crippen molar-refractivity contribution < 1.29 is 9.53 Å². The number of nitrogens with zero attached hydrogens (tertiary/aromatic N) is 3. The fourth-order valence-electron chi connectivity index (χ4n) is 5.53. The maximum absolute atomic E-state index is 12.5. The first-order valence-electron chi connectivity index (χ1n) is 10.7. The van der Waals surface area contributed by atoms with Crippen LogP contribution in [0, 0.1) is 18.8 Å². The van der Waals surface area contributed by atoms with Gasteiger partial charge in [0.05, 0.1) is 18.2 Å². The number of amides is 1. The van der Waals surface area contributed by atoms with Crippen molar-refractivity contribution in [1.29, 1.82) is 0 Å². The summed E-state index contributed by atoms with van der Waals surface area (Å²) in [7, 11) is 0. The number of hydrogen-bond acceptors (Lipinski definition) is 5. The lowest BCUT2D eigenvalue weighted by molar-refractivity contribution is -0.121. The Morgan fingerprint density at radius 3 is 2.93 bits per heavy atom. The van der Waals surface area contributed by atoms with E-state index >= 15 is 0 Å². The summed E-state index contributed by atoms with van der Waals surface area (Å²) in [4.78, 5) is 23.6. The molecule has 1 aromatic carbocycles. The maximum atomic E-state index is 12.5. The fourth-order valence-corrected chi connectivity index (χ4v) is 5.53. The van der Waals surface area contributed by atoms with Crippen LogP contribution in [0.15, 0.2) is 42.7 Å². The fraction of sp³-hybridized carbons (Fsp3) is 0.522. The summed E-state index contributed by atoms with van der Waals surface area (Å²) in [6.07, 6.45) is 7.36. The first kappa shape index (κ1) is 18.6. The SMILES string of the molecule is Cc1ccccc1CCC(=O)NC[C@H]1[C@H]2CN(c3ncccn3)C[C@]23CC[C@H]1O3. The number of benzene rings is 1. The lowest BCUT2D eigenvalue weighted by atomic mass is 9.73. The number of aromatic nitrogens is 2. The number of rotatable bonds is 6. The summed E-state index contributed by atoms with van der Waals surface area (Å²) in [5, 5.41) is 3.19. The Labute approximate surface area is 171 Å². The Morgan fingerprint density at radius 1 is 1.28 bits per heavy atom. The molecule has 1 N–H and O–H groups in total. The van der Waals surface area contributed by atoms with E-state index in [-0.39, 0.29) is 17.6 Å². The highest BCUT2D eigenvalue weighted by atomic mass is 16.5. The Hall–Kier alpha value is -2.47. The zero-order chi connectivity index (χ0) is 19.8. The van der Waals surface area contributed by atoms with E-state index in [2.05, 4.69) is 39.2 Å². The average molecular weight is 393 g/mol. The van der Waals surface area contributed by atoms with Crippen LogP contribution >= 0.6 is 0 Å².